The molecule has 0 radical (unpaired) electrons. The van der Waals surface area contributed by atoms with Gasteiger partial charge in [-0.05, 0) is 38.0 Å². The minimum absolute atomic E-state index is 0.104. The summed E-state index contributed by atoms with van der Waals surface area (Å²) in [4.78, 5) is 0. The first kappa shape index (κ1) is 16.0. The molecule has 3 saturated heterocycles. The highest BCUT2D eigenvalue weighted by Crippen LogP contribution is 2.55. The second-order valence-corrected chi connectivity index (χ2v) is 9.29. The minimum atomic E-state index is -0.306. The second kappa shape index (κ2) is 5.67. The van der Waals surface area contributed by atoms with Gasteiger partial charge in [-0.2, -0.15) is 0 Å². The van der Waals surface area contributed by atoms with Crippen molar-refractivity contribution in [2.75, 3.05) is 0 Å². The van der Waals surface area contributed by atoms with Gasteiger partial charge in [0.15, 0.2) is 5.79 Å². The van der Waals surface area contributed by atoms with Crippen molar-refractivity contribution < 1.29 is 18.9 Å². The molecule has 3 heterocycles. The van der Waals surface area contributed by atoms with Gasteiger partial charge in [-0.1, -0.05) is 20.3 Å². The molecule has 136 valence electrons. The molecule has 24 heavy (non-hydrogen) atoms. The third-order valence-corrected chi connectivity index (χ3v) is 6.97. The summed E-state index contributed by atoms with van der Waals surface area (Å²) in [6.45, 7) is 4.58. The average Bonchev–Trinajstić information content (AvgIpc) is 3.03. The molecule has 5 rings (SSSR count). The summed E-state index contributed by atoms with van der Waals surface area (Å²) < 4.78 is 26.2. The van der Waals surface area contributed by atoms with E-state index in [2.05, 4.69) is 13.8 Å². The largest absolute Gasteiger partial charge is 0.369 e. The van der Waals surface area contributed by atoms with Gasteiger partial charge in [-0.25, -0.2) is 0 Å². The monoisotopic (exact) mass is 336 g/mol. The van der Waals surface area contributed by atoms with Gasteiger partial charge in [-0.3, -0.25) is 0 Å². The standard InChI is InChI=1S/C20H32O4/c1-13(2)10-14-6-7-17-19(22-14)11-15(21-17)18-16(12-19)23-20(24-18)8-4-3-5-9-20/h13-18H,3-12H2,1-2H3/t14?,15-,16-,17?,18+,19?/m1/s1. The van der Waals surface area contributed by atoms with Crippen LogP contribution in [0.4, 0.5) is 0 Å². The highest BCUT2D eigenvalue weighted by molar-refractivity contribution is 5.12. The first-order chi connectivity index (χ1) is 11.6. The van der Waals surface area contributed by atoms with E-state index in [4.69, 9.17) is 18.9 Å². The molecule has 3 unspecified atom stereocenters. The van der Waals surface area contributed by atoms with Gasteiger partial charge in [0.2, 0.25) is 0 Å². The van der Waals surface area contributed by atoms with Crippen LogP contribution < -0.4 is 0 Å². The van der Waals surface area contributed by atoms with Crippen LogP contribution in [0.15, 0.2) is 0 Å². The molecule has 0 aromatic heterocycles. The molecule has 5 aliphatic rings. The molecule has 0 N–H and O–H groups in total. The van der Waals surface area contributed by atoms with Gasteiger partial charge >= 0.3 is 0 Å². The van der Waals surface area contributed by atoms with Crippen molar-refractivity contribution in [3.8, 4) is 0 Å². The predicted molar refractivity (Wildman–Crippen MR) is 89.8 cm³/mol. The predicted octanol–water partition coefficient (Wildman–Crippen LogP) is 3.96. The maximum Gasteiger partial charge on any atom is 0.169 e. The highest BCUT2D eigenvalue weighted by Gasteiger charge is 2.65. The minimum Gasteiger partial charge on any atom is -0.369 e. The topological polar surface area (TPSA) is 36.9 Å². The van der Waals surface area contributed by atoms with Gasteiger partial charge in [0.1, 0.15) is 6.10 Å². The van der Waals surface area contributed by atoms with Crippen molar-refractivity contribution >= 4 is 0 Å². The Morgan fingerprint density at radius 1 is 0.917 bits per heavy atom. The fraction of sp³-hybridized carbons (Fsp3) is 1.00. The first-order valence-corrected chi connectivity index (χ1v) is 10.3. The maximum absolute atomic E-state index is 6.70. The lowest BCUT2D eigenvalue weighted by Gasteiger charge is -2.45. The van der Waals surface area contributed by atoms with E-state index in [1.807, 2.05) is 0 Å². The molecule has 2 saturated carbocycles. The van der Waals surface area contributed by atoms with E-state index < -0.39 is 0 Å². The molecule has 2 spiro atoms. The number of ether oxygens (including phenoxy) is 4. The summed E-state index contributed by atoms with van der Waals surface area (Å²) in [7, 11) is 0. The first-order valence-electron chi connectivity index (χ1n) is 10.3. The van der Waals surface area contributed by atoms with E-state index in [-0.39, 0.29) is 35.8 Å². The zero-order valence-electron chi connectivity index (χ0n) is 15.2. The Balaban J connectivity index is 1.34. The summed E-state index contributed by atoms with van der Waals surface area (Å²) in [5.74, 6) is 0.383. The molecule has 2 aliphatic carbocycles. The van der Waals surface area contributed by atoms with Gasteiger partial charge in [-0.15, -0.1) is 0 Å². The Hall–Kier alpha value is -0.160. The lowest BCUT2D eigenvalue weighted by Crippen LogP contribution is -2.53. The summed E-state index contributed by atoms with van der Waals surface area (Å²) in [5.41, 5.74) is -0.104. The fourth-order valence-electron chi connectivity index (χ4n) is 6.02. The third kappa shape index (κ3) is 2.48. The molecular formula is C20H32O4. The van der Waals surface area contributed by atoms with Gasteiger partial charge in [0, 0.05) is 25.7 Å². The van der Waals surface area contributed by atoms with E-state index >= 15 is 0 Å². The lowest BCUT2D eigenvalue weighted by molar-refractivity contribution is -0.216. The fourth-order valence-corrected chi connectivity index (χ4v) is 6.02. The smallest absolute Gasteiger partial charge is 0.169 e. The van der Waals surface area contributed by atoms with Crippen LogP contribution in [0.25, 0.3) is 0 Å². The highest BCUT2D eigenvalue weighted by atomic mass is 16.8. The van der Waals surface area contributed by atoms with Crippen LogP contribution >= 0.6 is 0 Å². The Bertz CT molecular complexity index is 486. The summed E-state index contributed by atoms with van der Waals surface area (Å²) >= 11 is 0. The van der Waals surface area contributed by atoms with Crippen molar-refractivity contribution in [1.82, 2.24) is 0 Å². The van der Waals surface area contributed by atoms with E-state index in [1.54, 1.807) is 0 Å². The Morgan fingerprint density at radius 3 is 2.50 bits per heavy atom. The van der Waals surface area contributed by atoms with Crippen molar-refractivity contribution in [2.24, 2.45) is 5.92 Å². The van der Waals surface area contributed by atoms with E-state index in [1.165, 1.54) is 19.3 Å². The SMILES string of the molecule is CC(C)CC1CCC2O[C@@H]3CC2(C[C@H]2OC4(CCCCC4)O[C@@H]32)O1. The summed E-state index contributed by atoms with van der Waals surface area (Å²) in [5, 5.41) is 0. The number of rotatable bonds is 2. The van der Waals surface area contributed by atoms with E-state index in [9.17, 15) is 0 Å². The normalized spacial score (nSPS) is 49.4. The van der Waals surface area contributed by atoms with Crippen LogP contribution in [0.2, 0.25) is 0 Å². The average molecular weight is 336 g/mol. The number of hydrogen-bond donors (Lipinski definition) is 0. The van der Waals surface area contributed by atoms with Crippen LogP contribution in [-0.4, -0.2) is 41.9 Å². The quantitative estimate of drug-likeness (QED) is 0.765. The Morgan fingerprint density at radius 2 is 1.71 bits per heavy atom. The molecule has 4 heteroatoms. The van der Waals surface area contributed by atoms with Crippen LogP contribution in [0.1, 0.15) is 78.1 Å². The molecule has 0 aromatic rings. The molecule has 3 aliphatic heterocycles. The molecule has 5 fully saturated rings. The van der Waals surface area contributed by atoms with Gasteiger partial charge in [0.25, 0.3) is 0 Å². The molecule has 0 aromatic carbocycles. The van der Waals surface area contributed by atoms with Crippen LogP contribution in [-0.2, 0) is 18.9 Å². The molecule has 0 amide bonds. The van der Waals surface area contributed by atoms with Crippen molar-refractivity contribution in [2.45, 2.75) is 120 Å². The number of hydrogen-bond acceptors (Lipinski definition) is 4. The van der Waals surface area contributed by atoms with Crippen LogP contribution in [0.3, 0.4) is 0 Å². The maximum atomic E-state index is 6.70. The van der Waals surface area contributed by atoms with Crippen LogP contribution in [0, 0.1) is 5.92 Å². The van der Waals surface area contributed by atoms with E-state index in [0.717, 1.165) is 44.9 Å². The van der Waals surface area contributed by atoms with Gasteiger partial charge < -0.3 is 18.9 Å². The third-order valence-electron chi connectivity index (χ3n) is 6.97. The van der Waals surface area contributed by atoms with E-state index in [0.29, 0.717) is 12.0 Å². The number of fused-ring (bicyclic) bond motifs is 3. The Kier molecular flexibility index (Phi) is 3.79. The van der Waals surface area contributed by atoms with Gasteiger partial charge in [0.05, 0.1) is 30.0 Å². The lowest BCUT2D eigenvalue weighted by atomic mass is 9.76. The Labute approximate surface area is 145 Å². The van der Waals surface area contributed by atoms with Crippen molar-refractivity contribution in [1.29, 1.82) is 0 Å². The summed E-state index contributed by atoms with van der Waals surface area (Å²) in [6, 6.07) is 0. The van der Waals surface area contributed by atoms with Crippen molar-refractivity contribution in [3.63, 3.8) is 0 Å². The summed E-state index contributed by atoms with van der Waals surface area (Å²) in [6.07, 6.45) is 12.4. The van der Waals surface area contributed by atoms with Crippen LogP contribution in [0.5, 0.6) is 0 Å². The molecular weight excluding hydrogens is 304 g/mol. The molecule has 4 nitrogen and oxygen atoms in total. The molecule has 6 atom stereocenters. The second-order valence-electron chi connectivity index (χ2n) is 9.29. The zero-order valence-corrected chi connectivity index (χ0v) is 15.2. The molecule has 2 bridgehead atoms. The van der Waals surface area contributed by atoms with Crippen molar-refractivity contribution in [3.05, 3.63) is 0 Å². The zero-order chi connectivity index (χ0) is 16.4.